The van der Waals surface area contributed by atoms with Gasteiger partial charge in [0.05, 0.1) is 18.7 Å². The van der Waals surface area contributed by atoms with Crippen LogP contribution in [0.5, 0.6) is 0 Å². The molecule has 1 heterocycles. The Kier molecular flexibility index (Phi) is 12.8. The lowest BCUT2D eigenvalue weighted by molar-refractivity contribution is -0.145. The van der Waals surface area contributed by atoms with E-state index in [0.29, 0.717) is 18.5 Å². The van der Waals surface area contributed by atoms with Crippen molar-refractivity contribution in [3.63, 3.8) is 0 Å². The van der Waals surface area contributed by atoms with Gasteiger partial charge in [-0.05, 0) is 48.5 Å². The monoisotopic (exact) mass is 698 g/mol. The normalized spacial score (nSPS) is 20.8. The molecule has 1 aliphatic heterocycles. The first kappa shape index (κ1) is 39.9. The number of carbonyl (C=O) groups is 7. The summed E-state index contributed by atoms with van der Waals surface area (Å²) < 4.78 is 5.23. The van der Waals surface area contributed by atoms with Crippen LogP contribution in [0.25, 0.3) is 0 Å². The van der Waals surface area contributed by atoms with Crippen LogP contribution in [0.15, 0.2) is 30.3 Å². The van der Waals surface area contributed by atoms with E-state index in [9.17, 15) is 33.6 Å². The van der Waals surface area contributed by atoms with Crippen molar-refractivity contribution in [1.82, 2.24) is 31.1 Å². The molecule has 3 unspecified atom stereocenters. The molecule has 50 heavy (non-hydrogen) atoms. The van der Waals surface area contributed by atoms with Crippen LogP contribution < -0.4 is 21.3 Å². The predicted octanol–water partition coefficient (Wildman–Crippen LogP) is 1.93. The van der Waals surface area contributed by atoms with Crippen molar-refractivity contribution < 1.29 is 38.3 Å². The van der Waals surface area contributed by atoms with E-state index in [1.807, 2.05) is 13.8 Å². The zero-order chi connectivity index (χ0) is 37.7. The fraction of sp³-hybridized carbons (Fsp3) is 0.639. The van der Waals surface area contributed by atoms with E-state index >= 15 is 0 Å². The maximum atomic E-state index is 14.0. The molecule has 6 amide bonds. The minimum Gasteiger partial charge on any atom is -0.447 e. The van der Waals surface area contributed by atoms with E-state index in [1.54, 1.807) is 86.0 Å². The summed E-state index contributed by atoms with van der Waals surface area (Å²) in [6, 6.07) is 4.48. The van der Waals surface area contributed by atoms with Crippen molar-refractivity contribution >= 4 is 41.4 Å². The second-order valence-corrected chi connectivity index (χ2v) is 15.3. The number of piperidine rings is 1. The van der Waals surface area contributed by atoms with Gasteiger partial charge in [-0.3, -0.25) is 28.8 Å². The van der Waals surface area contributed by atoms with Crippen molar-refractivity contribution in [2.24, 2.45) is 22.7 Å². The molecule has 2 aliphatic rings. The highest BCUT2D eigenvalue weighted by Crippen LogP contribution is 2.65. The maximum absolute atomic E-state index is 14.0. The van der Waals surface area contributed by atoms with Gasteiger partial charge in [-0.2, -0.15) is 0 Å². The number of likely N-dealkylation sites (N-methyl/N-ethyl adjacent to an activating group) is 1. The van der Waals surface area contributed by atoms with E-state index in [-0.39, 0.29) is 29.6 Å². The number of amides is 6. The highest BCUT2D eigenvalue weighted by atomic mass is 16.6. The summed E-state index contributed by atoms with van der Waals surface area (Å²) in [5.74, 6) is -4.24. The number of carbonyl (C=O) groups excluding carboxylic acids is 7. The standard InChI is InChI=1S/C36H54N6O8/c1-11-15-23(28(44)31(46)37-18-24(43)39-26(32(47)41(9)10)21-16-13-12-14-17-21)38-30(45)27-25-22(36(25,7)8)19-42(27)33(48)29(35(4,5)6)40-34(49)50-20(2)3/h12-14,16-17,20,22-23,25-27,29H,11,15,18-19H2,1-10H3,(H,37,46)(H,38,45)(H,39,43)(H,40,49)/t22-,23?,25?,26-,27?,29+/m0/s1. The Morgan fingerprint density at radius 3 is 2.14 bits per heavy atom. The molecule has 1 aliphatic carbocycles. The summed E-state index contributed by atoms with van der Waals surface area (Å²) in [5, 5.41) is 10.3. The summed E-state index contributed by atoms with van der Waals surface area (Å²) in [6.45, 7) is 14.4. The molecule has 0 radical (unpaired) electrons. The minimum atomic E-state index is -1.21. The molecule has 1 saturated heterocycles. The largest absolute Gasteiger partial charge is 0.447 e. The number of benzene rings is 1. The van der Waals surface area contributed by atoms with Gasteiger partial charge in [-0.15, -0.1) is 0 Å². The third-order valence-electron chi connectivity index (χ3n) is 9.45. The second kappa shape index (κ2) is 16.0. The molecule has 0 aromatic heterocycles. The zero-order valence-electron chi connectivity index (χ0n) is 30.9. The fourth-order valence-corrected chi connectivity index (χ4v) is 6.62. The molecule has 276 valence electrons. The van der Waals surface area contributed by atoms with Crippen LogP contribution in [0.4, 0.5) is 4.79 Å². The number of Topliss-reactive ketones (excluding diaryl/α,β-unsaturated/α-hetero) is 1. The van der Waals surface area contributed by atoms with Crippen LogP contribution in [0.2, 0.25) is 0 Å². The first-order valence-corrected chi connectivity index (χ1v) is 17.2. The summed E-state index contributed by atoms with van der Waals surface area (Å²) in [7, 11) is 3.11. The van der Waals surface area contributed by atoms with Gasteiger partial charge in [0.1, 0.15) is 18.1 Å². The molecular formula is C36H54N6O8. The number of alkyl carbamates (subject to hydrolysis) is 1. The number of ketones is 1. The van der Waals surface area contributed by atoms with Crippen LogP contribution in [0.3, 0.4) is 0 Å². The number of nitrogens with zero attached hydrogens (tertiary/aromatic N) is 2. The molecule has 1 aromatic carbocycles. The average molecular weight is 699 g/mol. The maximum Gasteiger partial charge on any atom is 0.408 e. The topological polar surface area (TPSA) is 183 Å². The third kappa shape index (κ3) is 9.39. The number of ether oxygens (including phenoxy) is 1. The Morgan fingerprint density at radius 1 is 0.980 bits per heavy atom. The third-order valence-corrected chi connectivity index (χ3v) is 9.45. The van der Waals surface area contributed by atoms with Crippen molar-refractivity contribution in [2.75, 3.05) is 27.2 Å². The van der Waals surface area contributed by atoms with E-state index < -0.39 is 77.7 Å². The molecule has 0 bridgehead atoms. The number of likely N-dealkylation sites (tertiary alicyclic amines) is 1. The van der Waals surface area contributed by atoms with Crippen molar-refractivity contribution in [2.45, 2.75) is 98.5 Å². The van der Waals surface area contributed by atoms with E-state index in [0.717, 1.165) is 0 Å². The minimum absolute atomic E-state index is 0.0339. The van der Waals surface area contributed by atoms with Gasteiger partial charge in [0.25, 0.3) is 5.91 Å². The van der Waals surface area contributed by atoms with Gasteiger partial charge in [0.2, 0.25) is 29.4 Å². The first-order valence-electron chi connectivity index (χ1n) is 17.2. The molecule has 4 N–H and O–H groups in total. The quantitative estimate of drug-likeness (QED) is 0.213. The van der Waals surface area contributed by atoms with Gasteiger partial charge in [-0.25, -0.2) is 4.79 Å². The number of rotatable bonds is 14. The predicted molar refractivity (Wildman–Crippen MR) is 185 cm³/mol. The molecule has 3 rings (SSSR count). The van der Waals surface area contributed by atoms with E-state index in [4.69, 9.17) is 4.74 Å². The van der Waals surface area contributed by atoms with Crippen molar-refractivity contribution in [3.8, 4) is 0 Å². The Hall–Kier alpha value is -4.49. The van der Waals surface area contributed by atoms with Gasteiger partial charge >= 0.3 is 6.09 Å². The average Bonchev–Trinajstić information content (AvgIpc) is 3.33. The van der Waals surface area contributed by atoms with Crippen LogP contribution in [0.1, 0.15) is 79.8 Å². The second-order valence-electron chi connectivity index (χ2n) is 15.3. The number of fused-ring (bicyclic) bond motifs is 1. The lowest BCUT2D eigenvalue weighted by Gasteiger charge is -2.37. The fourth-order valence-electron chi connectivity index (χ4n) is 6.62. The van der Waals surface area contributed by atoms with E-state index in [1.165, 1.54) is 9.80 Å². The summed E-state index contributed by atoms with van der Waals surface area (Å²) in [6.07, 6.45) is -0.549. The Bertz CT molecular complexity index is 1450. The summed E-state index contributed by atoms with van der Waals surface area (Å²) in [4.78, 5) is 95.3. The first-order chi connectivity index (χ1) is 23.2. The van der Waals surface area contributed by atoms with Crippen LogP contribution >= 0.6 is 0 Å². The zero-order valence-corrected chi connectivity index (χ0v) is 30.9. The molecule has 1 aromatic rings. The smallest absolute Gasteiger partial charge is 0.408 e. The SMILES string of the molecule is CCCC(NC(=O)C1C2[C@H](CN1C(=O)[C@@H](NC(=O)OC(C)C)C(C)(C)C)C2(C)C)C(=O)C(=O)NCC(=O)N[C@H](C(=O)N(C)C)c1ccccc1. The van der Waals surface area contributed by atoms with Gasteiger partial charge in [0, 0.05) is 20.6 Å². The highest BCUT2D eigenvalue weighted by Gasteiger charge is 2.70. The molecule has 1 saturated carbocycles. The lowest BCUT2D eigenvalue weighted by Crippen LogP contribution is -2.60. The van der Waals surface area contributed by atoms with Gasteiger partial charge in [0.15, 0.2) is 0 Å². The highest BCUT2D eigenvalue weighted by molar-refractivity contribution is 6.38. The molecular weight excluding hydrogens is 644 g/mol. The lowest BCUT2D eigenvalue weighted by atomic mass is 9.85. The Labute approximate surface area is 294 Å². The molecule has 14 heteroatoms. The van der Waals surface area contributed by atoms with Crippen molar-refractivity contribution in [1.29, 1.82) is 0 Å². The van der Waals surface area contributed by atoms with E-state index in [2.05, 4.69) is 21.3 Å². The Balaban J connectivity index is 1.72. The number of hydrogen-bond acceptors (Lipinski definition) is 8. The summed E-state index contributed by atoms with van der Waals surface area (Å²) >= 11 is 0. The van der Waals surface area contributed by atoms with Crippen molar-refractivity contribution in [3.05, 3.63) is 35.9 Å². The van der Waals surface area contributed by atoms with Gasteiger partial charge in [-0.1, -0.05) is 78.3 Å². The number of nitrogens with one attached hydrogen (secondary N) is 4. The molecule has 0 spiro atoms. The summed E-state index contributed by atoms with van der Waals surface area (Å²) in [5.41, 5.74) is -0.406. The molecule has 14 nitrogen and oxygen atoms in total. The van der Waals surface area contributed by atoms with Crippen LogP contribution in [-0.2, 0) is 33.5 Å². The Morgan fingerprint density at radius 2 is 1.60 bits per heavy atom. The number of hydrogen-bond donors (Lipinski definition) is 4. The van der Waals surface area contributed by atoms with Crippen LogP contribution in [0, 0.1) is 22.7 Å². The van der Waals surface area contributed by atoms with Gasteiger partial charge < -0.3 is 35.8 Å². The molecule has 2 fully saturated rings. The molecule has 6 atom stereocenters. The van der Waals surface area contributed by atoms with Crippen LogP contribution in [-0.4, -0.2) is 103 Å².